The van der Waals surface area contributed by atoms with Crippen molar-refractivity contribution in [3.05, 3.63) is 19.2 Å². The van der Waals surface area contributed by atoms with Gasteiger partial charge in [-0.15, -0.1) is 0 Å². The fourth-order valence-electron chi connectivity index (χ4n) is 0.115. The van der Waals surface area contributed by atoms with Crippen molar-refractivity contribution in [3.63, 3.8) is 0 Å². The van der Waals surface area contributed by atoms with E-state index in [1.54, 1.807) is 0 Å². The third-order valence-electron chi connectivity index (χ3n) is 0.367. The average molecular weight is 111 g/mol. The van der Waals surface area contributed by atoms with Crippen molar-refractivity contribution < 1.29 is 9.63 Å². The summed E-state index contributed by atoms with van der Waals surface area (Å²) in [7, 11) is 0. The van der Waals surface area contributed by atoms with Crippen LogP contribution in [0, 0.1) is 0 Å². The molecule has 0 bridgehead atoms. The molecule has 0 aromatic heterocycles. The van der Waals surface area contributed by atoms with Crippen LogP contribution in [0.25, 0.3) is 0 Å². The van der Waals surface area contributed by atoms with Gasteiger partial charge in [-0.3, -0.25) is 0 Å². The van der Waals surface area contributed by atoms with Crippen molar-refractivity contribution in [2.24, 2.45) is 5.16 Å². The number of carbonyl (C=O) groups is 1. The second-order valence-electron chi connectivity index (χ2n) is 0.864. The molecule has 0 aliphatic rings. The molecule has 0 saturated heterocycles. The second-order valence-corrected chi connectivity index (χ2v) is 0.864. The van der Waals surface area contributed by atoms with Gasteiger partial charge >= 0.3 is 5.97 Å². The van der Waals surface area contributed by atoms with Gasteiger partial charge in [0, 0.05) is 11.9 Å². The standard InChI is InChI=1S/C5H5NO2/c1-3-5(7)8-6-4-2/h3H,1-2H2. The van der Waals surface area contributed by atoms with Crippen LogP contribution < -0.4 is 0 Å². The molecule has 42 valence electrons. The van der Waals surface area contributed by atoms with E-state index in [2.05, 4.69) is 23.2 Å². The topological polar surface area (TPSA) is 38.7 Å². The lowest BCUT2D eigenvalue weighted by molar-refractivity contribution is -0.137. The summed E-state index contributed by atoms with van der Waals surface area (Å²) < 4.78 is 0. The molecular weight excluding hydrogens is 106 g/mol. The van der Waals surface area contributed by atoms with Crippen LogP contribution in [0.2, 0.25) is 0 Å². The fraction of sp³-hybridized carbons (Fsp3) is 0. The van der Waals surface area contributed by atoms with Gasteiger partial charge in [0.25, 0.3) is 0 Å². The predicted octanol–water partition coefficient (Wildman–Crippen LogP) is 0.486. The van der Waals surface area contributed by atoms with Crippen LogP contribution in [0.1, 0.15) is 0 Å². The number of hydrogen-bond acceptors (Lipinski definition) is 3. The summed E-state index contributed by atoms with van der Waals surface area (Å²) >= 11 is 0. The molecule has 0 N–H and O–H groups in total. The quantitative estimate of drug-likeness (QED) is 0.225. The van der Waals surface area contributed by atoms with Crippen LogP contribution in [-0.4, -0.2) is 11.8 Å². The molecule has 0 unspecified atom stereocenters. The van der Waals surface area contributed by atoms with E-state index in [1.165, 1.54) is 0 Å². The van der Waals surface area contributed by atoms with Gasteiger partial charge in [0.15, 0.2) is 0 Å². The minimum atomic E-state index is -0.610. The number of rotatable bonds is 2. The molecule has 0 saturated carbocycles. The van der Waals surface area contributed by atoms with E-state index in [1.807, 2.05) is 5.87 Å². The minimum absolute atomic E-state index is 0.610. The van der Waals surface area contributed by atoms with Crippen LogP contribution in [0.3, 0.4) is 0 Å². The molecule has 0 fully saturated rings. The Hall–Kier alpha value is -1.34. The maximum atomic E-state index is 10.1. The molecule has 3 heteroatoms. The van der Waals surface area contributed by atoms with Gasteiger partial charge in [-0.25, -0.2) is 4.79 Å². The summed E-state index contributed by atoms with van der Waals surface area (Å²) in [5.74, 6) is 1.41. The van der Waals surface area contributed by atoms with Crippen molar-refractivity contribution in [3.8, 4) is 0 Å². The Labute approximate surface area is 46.9 Å². The summed E-state index contributed by atoms with van der Waals surface area (Å²) in [6.45, 7) is 6.19. The summed E-state index contributed by atoms with van der Waals surface area (Å²) in [6, 6.07) is 0. The van der Waals surface area contributed by atoms with E-state index in [0.717, 1.165) is 6.08 Å². The lowest BCUT2D eigenvalue weighted by Gasteiger charge is -1.81. The molecule has 0 radical (unpaired) electrons. The van der Waals surface area contributed by atoms with Gasteiger partial charge in [-0.05, 0) is 11.7 Å². The molecule has 0 amide bonds. The first-order valence-electron chi connectivity index (χ1n) is 1.86. The molecule has 0 heterocycles. The zero-order valence-electron chi connectivity index (χ0n) is 4.26. The minimum Gasteiger partial charge on any atom is -0.305 e. The van der Waals surface area contributed by atoms with Crippen molar-refractivity contribution >= 4 is 11.8 Å². The largest absolute Gasteiger partial charge is 0.358 e. The van der Waals surface area contributed by atoms with Gasteiger partial charge in [0.2, 0.25) is 0 Å². The lowest BCUT2D eigenvalue weighted by Crippen LogP contribution is -1.91. The van der Waals surface area contributed by atoms with Crippen LogP contribution >= 0.6 is 0 Å². The van der Waals surface area contributed by atoms with Gasteiger partial charge in [-0.2, -0.15) is 0 Å². The highest BCUT2D eigenvalue weighted by Crippen LogP contribution is 1.75. The monoisotopic (exact) mass is 111 g/mol. The highest BCUT2D eigenvalue weighted by Gasteiger charge is 1.87. The Bertz CT molecular complexity index is 145. The molecule has 3 nitrogen and oxygen atoms in total. The molecule has 0 atom stereocenters. The highest BCUT2D eigenvalue weighted by atomic mass is 16.7. The Balaban J connectivity index is 3.55. The summed E-state index contributed by atoms with van der Waals surface area (Å²) in [5.41, 5.74) is 0. The first-order chi connectivity index (χ1) is 3.81. The van der Waals surface area contributed by atoms with Crippen LogP contribution in [-0.2, 0) is 9.63 Å². The molecule has 0 aliphatic heterocycles. The smallest absolute Gasteiger partial charge is 0.305 e. The van der Waals surface area contributed by atoms with E-state index in [9.17, 15) is 4.79 Å². The Kier molecular flexibility index (Phi) is 3.19. The molecule has 0 aromatic rings. The summed E-state index contributed by atoms with van der Waals surface area (Å²) in [6.07, 6.45) is 1.00. The fourth-order valence-corrected chi connectivity index (χ4v) is 0.115. The maximum absolute atomic E-state index is 10.1. The maximum Gasteiger partial charge on any atom is 0.358 e. The van der Waals surface area contributed by atoms with Crippen LogP contribution in [0.4, 0.5) is 0 Å². The van der Waals surface area contributed by atoms with E-state index in [-0.39, 0.29) is 0 Å². The van der Waals surface area contributed by atoms with Gasteiger partial charge in [0.1, 0.15) is 0 Å². The predicted molar refractivity (Wildman–Crippen MR) is 29.4 cm³/mol. The van der Waals surface area contributed by atoms with Crippen molar-refractivity contribution in [1.29, 1.82) is 0 Å². The average Bonchev–Trinajstić information content (AvgIpc) is 1.83. The van der Waals surface area contributed by atoms with E-state index >= 15 is 0 Å². The SMILES string of the molecule is C=C=NOC(=O)C=C. The van der Waals surface area contributed by atoms with E-state index < -0.39 is 5.97 Å². The number of hydrogen-bond donors (Lipinski definition) is 0. The Morgan fingerprint density at radius 3 is 2.88 bits per heavy atom. The van der Waals surface area contributed by atoms with Crippen molar-refractivity contribution in [2.45, 2.75) is 0 Å². The molecular formula is C5H5NO2. The molecule has 0 spiro atoms. The van der Waals surface area contributed by atoms with Gasteiger partial charge in [0.05, 0.1) is 0 Å². The zero-order chi connectivity index (χ0) is 6.41. The summed E-state index contributed by atoms with van der Waals surface area (Å²) in [4.78, 5) is 14.1. The van der Waals surface area contributed by atoms with Gasteiger partial charge < -0.3 is 4.84 Å². The third-order valence-corrected chi connectivity index (χ3v) is 0.367. The van der Waals surface area contributed by atoms with Gasteiger partial charge in [-0.1, -0.05) is 6.58 Å². The Morgan fingerprint density at radius 2 is 2.50 bits per heavy atom. The van der Waals surface area contributed by atoms with Crippen LogP contribution in [0.5, 0.6) is 0 Å². The molecule has 0 rings (SSSR count). The second kappa shape index (κ2) is 3.84. The van der Waals surface area contributed by atoms with Crippen molar-refractivity contribution in [2.75, 3.05) is 0 Å². The highest BCUT2D eigenvalue weighted by molar-refractivity contribution is 5.81. The Morgan fingerprint density at radius 1 is 1.88 bits per heavy atom. The zero-order valence-corrected chi connectivity index (χ0v) is 4.26. The lowest BCUT2D eigenvalue weighted by atomic mass is 10.7. The number of carbonyl (C=O) groups excluding carboxylic acids is 1. The molecule has 0 aromatic carbocycles. The van der Waals surface area contributed by atoms with Crippen LogP contribution in [0.15, 0.2) is 24.4 Å². The molecule has 8 heavy (non-hydrogen) atoms. The van der Waals surface area contributed by atoms with E-state index in [0.29, 0.717) is 0 Å². The molecule has 0 aliphatic carbocycles. The third kappa shape index (κ3) is 2.87. The van der Waals surface area contributed by atoms with E-state index in [4.69, 9.17) is 0 Å². The number of nitrogens with zero attached hydrogens (tertiary/aromatic N) is 1. The first kappa shape index (κ1) is 6.66. The summed E-state index contributed by atoms with van der Waals surface area (Å²) in [5, 5.41) is 2.96. The van der Waals surface area contributed by atoms with Crippen molar-refractivity contribution in [1.82, 2.24) is 0 Å². The normalized spacial score (nSPS) is 6.50. The first-order valence-corrected chi connectivity index (χ1v) is 1.86.